The molecule has 6 heteroatoms. The second kappa shape index (κ2) is 15.3. The van der Waals surface area contributed by atoms with Gasteiger partial charge in [0.2, 0.25) is 5.91 Å². The summed E-state index contributed by atoms with van der Waals surface area (Å²) in [7, 11) is 0. The van der Waals surface area contributed by atoms with E-state index in [4.69, 9.17) is 11.5 Å². The number of fused-ring (bicyclic) bond motifs is 5. The molecule has 0 aromatic heterocycles. The highest BCUT2D eigenvalue weighted by molar-refractivity contribution is 5.76. The number of carbonyl (C=O) groups is 1. The second-order valence-electron chi connectivity index (χ2n) is 15.5. The zero-order valence-corrected chi connectivity index (χ0v) is 27.4. The third-order valence-corrected chi connectivity index (χ3v) is 12.7. The number of rotatable bonds is 16. The summed E-state index contributed by atoms with van der Waals surface area (Å²) in [5, 5.41) is 7.08. The van der Waals surface area contributed by atoms with E-state index in [0.717, 1.165) is 88.1 Å². The van der Waals surface area contributed by atoms with E-state index in [2.05, 4.69) is 43.2 Å². The molecule has 0 saturated heterocycles. The Kier molecular flexibility index (Phi) is 12.4. The van der Waals surface area contributed by atoms with Crippen LogP contribution in [-0.2, 0) is 4.79 Å². The van der Waals surface area contributed by atoms with Crippen LogP contribution in [0.4, 0.5) is 0 Å². The second-order valence-corrected chi connectivity index (χ2v) is 15.5. The lowest BCUT2D eigenvalue weighted by Gasteiger charge is -2.61. The summed E-state index contributed by atoms with van der Waals surface area (Å²) in [6, 6.07) is 0.964. The van der Waals surface area contributed by atoms with Gasteiger partial charge in [0.15, 0.2) is 0 Å². The van der Waals surface area contributed by atoms with Crippen molar-refractivity contribution in [2.24, 2.45) is 51.9 Å². The molecule has 4 aliphatic rings. The Morgan fingerprint density at radius 2 is 1.54 bits per heavy atom. The molecular weight excluding hydrogens is 506 g/mol. The van der Waals surface area contributed by atoms with Crippen LogP contribution in [0.5, 0.6) is 0 Å². The number of amides is 1. The summed E-state index contributed by atoms with van der Waals surface area (Å²) in [6.45, 7) is 15.6. The molecule has 0 heterocycles. The van der Waals surface area contributed by atoms with Crippen LogP contribution in [0.2, 0.25) is 0 Å². The maximum Gasteiger partial charge on any atom is 0.220 e. The van der Waals surface area contributed by atoms with Gasteiger partial charge in [-0.25, -0.2) is 0 Å². The zero-order valence-electron chi connectivity index (χ0n) is 27.4. The maximum atomic E-state index is 12.2. The van der Waals surface area contributed by atoms with Crippen LogP contribution >= 0.6 is 0 Å². The fraction of sp³-hybridized carbons (Fsp3) is 0.971. The SMILES string of the molecule is CC(C)NC(=O)CCCC1CCC2C3CCC4CC(NCCCN(CCCN)CCCN)CCC4(C)C3CCC12C. The minimum absolute atomic E-state index is 0.242. The molecule has 0 spiro atoms. The van der Waals surface area contributed by atoms with Gasteiger partial charge in [0, 0.05) is 18.5 Å². The third-order valence-electron chi connectivity index (χ3n) is 12.7. The highest BCUT2D eigenvalue weighted by Gasteiger charge is 2.59. The molecular formula is C35H67N5O. The molecule has 4 fully saturated rings. The highest BCUT2D eigenvalue weighted by atomic mass is 16.1. The molecule has 4 saturated carbocycles. The van der Waals surface area contributed by atoms with Gasteiger partial charge in [-0.05, 0) is 183 Å². The summed E-state index contributed by atoms with van der Waals surface area (Å²) in [5.41, 5.74) is 12.6. The van der Waals surface area contributed by atoms with Crippen LogP contribution in [0.3, 0.4) is 0 Å². The van der Waals surface area contributed by atoms with Gasteiger partial charge >= 0.3 is 0 Å². The lowest BCUT2D eigenvalue weighted by Crippen LogP contribution is -2.55. The Hall–Kier alpha value is -0.690. The molecule has 8 atom stereocenters. The summed E-state index contributed by atoms with van der Waals surface area (Å²) in [5.74, 6) is 4.78. The van der Waals surface area contributed by atoms with Crippen molar-refractivity contribution in [2.75, 3.05) is 39.3 Å². The Bertz CT molecular complexity index is 797. The smallest absolute Gasteiger partial charge is 0.220 e. The largest absolute Gasteiger partial charge is 0.354 e. The molecule has 0 bridgehead atoms. The minimum atomic E-state index is 0.242. The average molecular weight is 574 g/mol. The molecule has 0 aromatic rings. The molecule has 6 N–H and O–H groups in total. The van der Waals surface area contributed by atoms with Crippen molar-refractivity contribution in [1.82, 2.24) is 15.5 Å². The van der Waals surface area contributed by atoms with Gasteiger partial charge in [0.1, 0.15) is 0 Å². The van der Waals surface area contributed by atoms with E-state index in [0.29, 0.717) is 23.3 Å². The summed E-state index contributed by atoms with van der Waals surface area (Å²) in [6.07, 6.45) is 19.2. The van der Waals surface area contributed by atoms with E-state index in [1.807, 2.05) is 0 Å². The molecule has 238 valence electrons. The predicted molar refractivity (Wildman–Crippen MR) is 173 cm³/mol. The zero-order chi connectivity index (χ0) is 29.5. The molecule has 4 aliphatic carbocycles. The highest BCUT2D eigenvalue weighted by Crippen LogP contribution is 2.67. The summed E-state index contributed by atoms with van der Waals surface area (Å²) in [4.78, 5) is 14.8. The quantitative estimate of drug-likeness (QED) is 0.178. The van der Waals surface area contributed by atoms with Crippen molar-refractivity contribution in [3.05, 3.63) is 0 Å². The van der Waals surface area contributed by atoms with Gasteiger partial charge in [0.05, 0.1) is 0 Å². The van der Waals surface area contributed by atoms with Gasteiger partial charge in [-0.1, -0.05) is 13.8 Å². The van der Waals surface area contributed by atoms with Crippen LogP contribution in [0.1, 0.15) is 124 Å². The molecule has 8 unspecified atom stereocenters. The van der Waals surface area contributed by atoms with Gasteiger partial charge in [-0.15, -0.1) is 0 Å². The molecule has 0 aromatic carbocycles. The molecule has 0 aliphatic heterocycles. The van der Waals surface area contributed by atoms with E-state index in [1.54, 1.807) is 0 Å². The number of hydrogen-bond donors (Lipinski definition) is 4. The fourth-order valence-electron chi connectivity index (χ4n) is 10.5. The maximum absolute atomic E-state index is 12.2. The lowest BCUT2D eigenvalue weighted by atomic mass is 9.44. The Balaban J connectivity index is 1.24. The van der Waals surface area contributed by atoms with Crippen molar-refractivity contribution in [3.8, 4) is 0 Å². The average Bonchev–Trinajstić information content (AvgIpc) is 3.27. The summed E-state index contributed by atoms with van der Waals surface area (Å²) < 4.78 is 0. The molecule has 0 radical (unpaired) electrons. The molecule has 41 heavy (non-hydrogen) atoms. The first-order valence-corrected chi connectivity index (χ1v) is 17.9. The van der Waals surface area contributed by atoms with Crippen LogP contribution in [0.15, 0.2) is 0 Å². The fourth-order valence-corrected chi connectivity index (χ4v) is 10.5. The van der Waals surface area contributed by atoms with Crippen LogP contribution in [0.25, 0.3) is 0 Å². The Morgan fingerprint density at radius 3 is 2.24 bits per heavy atom. The van der Waals surface area contributed by atoms with Crippen LogP contribution in [0, 0.1) is 40.4 Å². The first kappa shape index (κ1) is 33.2. The Labute approximate surface area is 253 Å². The van der Waals surface area contributed by atoms with E-state index < -0.39 is 0 Å². The van der Waals surface area contributed by atoms with Gasteiger partial charge in [0.25, 0.3) is 0 Å². The van der Waals surface area contributed by atoms with E-state index in [-0.39, 0.29) is 11.9 Å². The number of nitrogens with one attached hydrogen (secondary N) is 2. The van der Waals surface area contributed by atoms with E-state index in [9.17, 15) is 4.79 Å². The number of carbonyl (C=O) groups excluding carboxylic acids is 1. The lowest BCUT2D eigenvalue weighted by molar-refractivity contribution is -0.122. The van der Waals surface area contributed by atoms with Crippen molar-refractivity contribution in [3.63, 3.8) is 0 Å². The normalized spacial score (nSPS) is 36.7. The monoisotopic (exact) mass is 574 g/mol. The molecule has 4 rings (SSSR count). The molecule has 6 nitrogen and oxygen atoms in total. The number of hydrogen-bond acceptors (Lipinski definition) is 5. The summed E-state index contributed by atoms with van der Waals surface area (Å²) >= 11 is 0. The first-order valence-electron chi connectivity index (χ1n) is 17.9. The topological polar surface area (TPSA) is 96.4 Å². The van der Waals surface area contributed by atoms with Crippen molar-refractivity contribution >= 4 is 5.91 Å². The first-order chi connectivity index (χ1) is 19.7. The van der Waals surface area contributed by atoms with Gasteiger partial charge in [-0.2, -0.15) is 0 Å². The number of nitrogens with two attached hydrogens (primary N) is 2. The molecule has 1 amide bonds. The predicted octanol–water partition coefficient (Wildman–Crippen LogP) is 5.69. The standard InChI is InChI=1S/C35H67N5O/c1-26(2)39-33(41)10-5-9-27-12-14-31-30-13-11-28-25-29(15-17-35(28,4)32(30)16-18-34(27,31)3)38-21-8-24-40(22-6-19-36)23-7-20-37/h26-32,38H,5-25,36-37H2,1-4H3,(H,39,41). The Morgan fingerprint density at radius 1 is 0.854 bits per heavy atom. The van der Waals surface area contributed by atoms with Gasteiger partial charge < -0.3 is 27.0 Å². The minimum Gasteiger partial charge on any atom is -0.354 e. The van der Waals surface area contributed by atoms with Crippen LogP contribution < -0.4 is 22.1 Å². The van der Waals surface area contributed by atoms with Crippen molar-refractivity contribution < 1.29 is 4.79 Å². The van der Waals surface area contributed by atoms with Crippen LogP contribution in [-0.4, -0.2) is 62.2 Å². The van der Waals surface area contributed by atoms with E-state index >= 15 is 0 Å². The van der Waals surface area contributed by atoms with E-state index in [1.165, 1.54) is 70.6 Å². The third kappa shape index (κ3) is 8.08. The van der Waals surface area contributed by atoms with Gasteiger partial charge in [-0.3, -0.25) is 4.79 Å². The number of nitrogens with zero attached hydrogens (tertiary/aromatic N) is 1. The van der Waals surface area contributed by atoms with Crippen molar-refractivity contribution in [1.29, 1.82) is 0 Å². The van der Waals surface area contributed by atoms with Crippen molar-refractivity contribution in [2.45, 2.75) is 136 Å².